The molecule has 4 aromatic rings. The summed E-state index contributed by atoms with van der Waals surface area (Å²) in [4.78, 5) is 17.1. The third kappa shape index (κ3) is 4.08. The molecule has 9 heteroatoms. The Morgan fingerprint density at radius 3 is 2.86 bits per heavy atom. The van der Waals surface area contributed by atoms with Crippen molar-refractivity contribution in [2.75, 3.05) is 31.3 Å². The summed E-state index contributed by atoms with van der Waals surface area (Å²) < 4.78 is 15.8. The molecule has 0 spiro atoms. The summed E-state index contributed by atoms with van der Waals surface area (Å²) in [6.07, 6.45) is 10.8. The predicted octanol–water partition coefficient (Wildman–Crippen LogP) is 4.30. The second kappa shape index (κ2) is 9.39. The van der Waals surface area contributed by atoms with Crippen LogP contribution in [0.15, 0.2) is 43.1 Å². The number of aromatic nitrogens is 6. The van der Waals surface area contributed by atoms with Crippen LogP contribution in [0, 0.1) is 0 Å². The van der Waals surface area contributed by atoms with Crippen molar-refractivity contribution in [1.29, 1.82) is 0 Å². The van der Waals surface area contributed by atoms with Gasteiger partial charge < -0.3 is 18.9 Å². The molecule has 2 unspecified atom stereocenters. The van der Waals surface area contributed by atoms with Crippen molar-refractivity contribution in [3.8, 4) is 22.6 Å². The molecule has 2 saturated heterocycles. The Morgan fingerprint density at radius 2 is 2.06 bits per heavy atom. The standard InChI is InChI=1S/C26H31N7O2/c1-3-31-15-21(28-17-31)20-14-23(32-11-13-34-16-18(32)2)30-25-19(20)7-9-27-26(25)22-8-10-29-33(22)24-6-4-5-12-35-24/h7-10,14-15,17-18,24H,3-6,11-13,16H2,1-2H3. The lowest BCUT2D eigenvalue weighted by molar-refractivity contribution is -0.0383. The Bertz CT molecular complexity index is 1320. The first-order chi connectivity index (χ1) is 17.2. The van der Waals surface area contributed by atoms with Crippen LogP contribution in [0.2, 0.25) is 0 Å². The molecule has 2 aliphatic heterocycles. The smallest absolute Gasteiger partial charge is 0.150 e. The zero-order chi connectivity index (χ0) is 23.8. The van der Waals surface area contributed by atoms with Crippen LogP contribution in [0.5, 0.6) is 0 Å². The first-order valence-corrected chi connectivity index (χ1v) is 12.5. The van der Waals surface area contributed by atoms with E-state index in [1.165, 1.54) is 0 Å². The van der Waals surface area contributed by atoms with Crippen molar-refractivity contribution in [2.45, 2.75) is 51.9 Å². The zero-order valence-electron chi connectivity index (χ0n) is 20.3. The summed E-state index contributed by atoms with van der Waals surface area (Å²) in [5.41, 5.74) is 4.57. The number of nitrogens with zero attached hydrogens (tertiary/aromatic N) is 7. The first kappa shape index (κ1) is 22.2. The quantitative estimate of drug-likeness (QED) is 0.427. The number of anilines is 1. The highest BCUT2D eigenvalue weighted by atomic mass is 16.5. The highest BCUT2D eigenvalue weighted by Crippen LogP contribution is 2.36. The maximum atomic E-state index is 6.06. The third-order valence-corrected chi connectivity index (χ3v) is 6.99. The van der Waals surface area contributed by atoms with E-state index in [-0.39, 0.29) is 12.3 Å². The van der Waals surface area contributed by atoms with Crippen LogP contribution >= 0.6 is 0 Å². The number of aryl methyl sites for hydroxylation is 1. The van der Waals surface area contributed by atoms with Crippen molar-refractivity contribution in [1.82, 2.24) is 29.3 Å². The summed E-state index contributed by atoms with van der Waals surface area (Å²) in [5.74, 6) is 0.920. The van der Waals surface area contributed by atoms with Crippen LogP contribution in [0.25, 0.3) is 33.5 Å². The van der Waals surface area contributed by atoms with Gasteiger partial charge in [0.15, 0.2) is 6.23 Å². The third-order valence-electron chi connectivity index (χ3n) is 6.99. The molecule has 0 amide bonds. The molecule has 0 aromatic carbocycles. The van der Waals surface area contributed by atoms with Crippen LogP contribution in [-0.2, 0) is 16.0 Å². The van der Waals surface area contributed by atoms with Gasteiger partial charge in [-0.1, -0.05) is 0 Å². The van der Waals surface area contributed by atoms with E-state index in [9.17, 15) is 0 Å². The maximum Gasteiger partial charge on any atom is 0.150 e. The minimum absolute atomic E-state index is 0.0759. The highest BCUT2D eigenvalue weighted by molar-refractivity contribution is 6.01. The fourth-order valence-corrected chi connectivity index (χ4v) is 5.07. The van der Waals surface area contributed by atoms with Crippen molar-refractivity contribution in [2.24, 2.45) is 0 Å². The van der Waals surface area contributed by atoms with Gasteiger partial charge in [-0.15, -0.1) is 0 Å². The van der Waals surface area contributed by atoms with E-state index < -0.39 is 0 Å². The molecule has 6 rings (SSSR count). The Morgan fingerprint density at radius 1 is 1.11 bits per heavy atom. The van der Waals surface area contributed by atoms with E-state index in [1.807, 2.05) is 35.5 Å². The van der Waals surface area contributed by atoms with Crippen LogP contribution in [0.1, 0.15) is 39.3 Å². The summed E-state index contributed by atoms with van der Waals surface area (Å²) >= 11 is 0. The predicted molar refractivity (Wildman–Crippen MR) is 134 cm³/mol. The minimum atomic E-state index is -0.0759. The molecule has 2 atom stereocenters. The van der Waals surface area contributed by atoms with Gasteiger partial charge in [0.05, 0.1) is 37.0 Å². The van der Waals surface area contributed by atoms with Gasteiger partial charge in [-0.05, 0) is 51.3 Å². The summed E-state index contributed by atoms with van der Waals surface area (Å²) in [6, 6.07) is 6.45. The first-order valence-electron chi connectivity index (χ1n) is 12.5. The Hall–Kier alpha value is -3.30. The van der Waals surface area contributed by atoms with E-state index >= 15 is 0 Å². The number of pyridine rings is 2. The Kier molecular flexibility index (Phi) is 5.95. The molecular formula is C26H31N7O2. The fourth-order valence-electron chi connectivity index (χ4n) is 5.07. The molecule has 0 saturated carbocycles. The van der Waals surface area contributed by atoms with E-state index in [1.54, 1.807) is 0 Å². The lowest BCUT2D eigenvalue weighted by Gasteiger charge is -2.34. The number of hydrogen-bond acceptors (Lipinski definition) is 7. The number of hydrogen-bond donors (Lipinski definition) is 0. The summed E-state index contributed by atoms with van der Waals surface area (Å²) in [7, 11) is 0. The monoisotopic (exact) mass is 473 g/mol. The molecule has 0 aliphatic carbocycles. The van der Waals surface area contributed by atoms with Gasteiger partial charge in [-0.3, -0.25) is 4.98 Å². The van der Waals surface area contributed by atoms with Crippen LogP contribution < -0.4 is 4.90 Å². The highest BCUT2D eigenvalue weighted by Gasteiger charge is 2.25. The molecule has 2 fully saturated rings. The number of rotatable bonds is 5. The maximum absolute atomic E-state index is 6.06. The molecule has 0 bridgehead atoms. The van der Waals surface area contributed by atoms with Crippen molar-refractivity contribution in [3.05, 3.63) is 43.1 Å². The topological polar surface area (TPSA) is 83.1 Å². The molecule has 0 radical (unpaired) electrons. The second-order valence-corrected chi connectivity index (χ2v) is 9.27. The number of ether oxygens (including phenoxy) is 2. The average molecular weight is 474 g/mol. The minimum Gasteiger partial charge on any atom is -0.377 e. The number of fused-ring (bicyclic) bond motifs is 1. The molecular weight excluding hydrogens is 442 g/mol. The van der Waals surface area contributed by atoms with Crippen molar-refractivity contribution in [3.63, 3.8) is 0 Å². The second-order valence-electron chi connectivity index (χ2n) is 9.27. The van der Waals surface area contributed by atoms with Gasteiger partial charge in [-0.25, -0.2) is 14.6 Å². The molecule has 6 heterocycles. The van der Waals surface area contributed by atoms with E-state index in [0.717, 1.165) is 78.3 Å². The molecule has 2 aliphatic rings. The fraction of sp³-hybridized carbons (Fsp3) is 0.462. The number of imidazole rings is 1. The van der Waals surface area contributed by atoms with Gasteiger partial charge in [-0.2, -0.15) is 5.10 Å². The number of morpholine rings is 1. The Labute approximate surface area is 204 Å². The lowest BCUT2D eigenvalue weighted by Crippen LogP contribution is -2.44. The van der Waals surface area contributed by atoms with E-state index in [0.29, 0.717) is 13.2 Å². The molecule has 35 heavy (non-hydrogen) atoms. The van der Waals surface area contributed by atoms with E-state index in [4.69, 9.17) is 24.4 Å². The SMILES string of the molecule is CCn1cnc(-c2cc(N3CCOCC3C)nc3c(-c4ccnn4C4CCCCO4)nccc23)c1. The van der Waals surface area contributed by atoms with Gasteiger partial charge in [0.25, 0.3) is 0 Å². The molecule has 9 nitrogen and oxygen atoms in total. The summed E-state index contributed by atoms with van der Waals surface area (Å²) in [5, 5.41) is 5.65. The van der Waals surface area contributed by atoms with Crippen molar-refractivity contribution < 1.29 is 9.47 Å². The summed E-state index contributed by atoms with van der Waals surface area (Å²) in [6.45, 7) is 8.10. The molecule has 0 N–H and O–H groups in total. The molecule has 4 aromatic heterocycles. The van der Waals surface area contributed by atoms with Gasteiger partial charge in [0.1, 0.15) is 17.0 Å². The zero-order valence-corrected chi connectivity index (χ0v) is 20.3. The normalized spacial score (nSPS) is 21.0. The molecule has 182 valence electrons. The van der Waals surface area contributed by atoms with Gasteiger partial charge in [0.2, 0.25) is 0 Å². The Balaban J connectivity index is 1.55. The van der Waals surface area contributed by atoms with E-state index in [2.05, 4.69) is 40.7 Å². The largest absolute Gasteiger partial charge is 0.377 e. The average Bonchev–Trinajstić information content (AvgIpc) is 3.59. The van der Waals surface area contributed by atoms with Crippen LogP contribution in [0.4, 0.5) is 5.82 Å². The van der Waals surface area contributed by atoms with Crippen molar-refractivity contribution >= 4 is 16.7 Å². The lowest BCUT2D eigenvalue weighted by atomic mass is 10.0. The van der Waals surface area contributed by atoms with Gasteiger partial charge in [0, 0.05) is 49.2 Å². The van der Waals surface area contributed by atoms with Gasteiger partial charge >= 0.3 is 0 Å². The van der Waals surface area contributed by atoms with Crippen LogP contribution in [0.3, 0.4) is 0 Å². The van der Waals surface area contributed by atoms with Crippen LogP contribution in [-0.4, -0.2) is 61.7 Å².